The van der Waals surface area contributed by atoms with Crippen molar-refractivity contribution < 1.29 is 14.3 Å². The summed E-state index contributed by atoms with van der Waals surface area (Å²) >= 11 is 0. The standard InChI is InChI=1S/C14H18O3/c1-2-17-13(15)14(8-9-14)11-16-10-12-6-4-3-5-7-12/h3-7H,2,8-11H2,1H3. The Balaban J connectivity index is 1.77. The van der Waals surface area contributed by atoms with Crippen molar-refractivity contribution in [2.24, 2.45) is 5.41 Å². The van der Waals surface area contributed by atoms with Crippen molar-refractivity contribution in [3.63, 3.8) is 0 Å². The van der Waals surface area contributed by atoms with E-state index in [9.17, 15) is 4.79 Å². The normalized spacial score (nSPS) is 16.5. The summed E-state index contributed by atoms with van der Waals surface area (Å²) in [6.07, 6.45) is 1.78. The fourth-order valence-electron chi connectivity index (χ4n) is 1.78. The maximum atomic E-state index is 11.7. The average molecular weight is 234 g/mol. The van der Waals surface area contributed by atoms with Crippen LogP contribution in [0.15, 0.2) is 30.3 Å². The molecule has 0 bridgehead atoms. The van der Waals surface area contributed by atoms with Crippen molar-refractivity contribution in [2.45, 2.75) is 26.4 Å². The van der Waals surface area contributed by atoms with Gasteiger partial charge in [0.15, 0.2) is 0 Å². The highest BCUT2D eigenvalue weighted by atomic mass is 16.5. The van der Waals surface area contributed by atoms with Crippen LogP contribution in [-0.2, 0) is 20.9 Å². The Morgan fingerprint density at radius 2 is 2.00 bits per heavy atom. The van der Waals surface area contributed by atoms with Crippen molar-refractivity contribution in [3.8, 4) is 0 Å². The predicted molar refractivity (Wildman–Crippen MR) is 64.4 cm³/mol. The zero-order chi connectivity index (χ0) is 12.1. The van der Waals surface area contributed by atoms with E-state index in [2.05, 4.69) is 0 Å². The second-order valence-corrected chi connectivity index (χ2v) is 4.48. The molecule has 3 nitrogen and oxygen atoms in total. The third kappa shape index (κ3) is 3.07. The smallest absolute Gasteiger partial charge is 0.314 e. The van der Waals surface area contributed by atoms with Gasteiger partial charge in [0.2, 0.25) is 0 Å². The van der Waals surface area contributed by atoms with E-state index >= 15 is 0 Å². The van der Waals surface area contributed by atoms with E-state index in [4.69, 9.17) is 9.47 Å². The van der Waals surface area contributed by atoms with Gasteiger partial charge in [0.1, 0.15) is 0 Å². The second-order valence-electron chi connectivity index (χ2n) is 4.48. The van der Waals surface area contributed by atoms with Gasteiger partial charge in [-0.25, -0.2) is 0 Å². The maximum Gasteiger partial charge on any atom is 0.314 e. The molecular weight excluding hydrogens is 216 g/mol. The zero-order valence-electron chi connectivity index (χ0n) is 10.1. The molecule has 1 aliphatic rings. The Labute approximate surface area is 102 Å². The van der Waals surface area contributed by atoms with Crippen LogP contribution >= 0.6 is 0 Å². The van der Waals surface area contributed by atoms with E-state index in [0.29, 0.717) is 19.8 Å². The fraction of sp³-hybridized carbons (Fsp3) is 0.500. The molecule has 0 radical (unpaired) electrons. The first-order valence-corrected chi connectivity index (χ1v) is 6.06. The molecule has 1 aromatic carbocycles. The molecule has 17 heavy (non-hydrogen) atoms. The van der Waals surface area contributed by atoms with Crippen LogP contribution in [0.2, 0.25) is 0 Å². The van der Waals surface area contributed by atoms with E-state index in [1.807, 2.05) is 37.3 Å². The SMILES string of the molecule is CCOC(=O)C1(COCc2ccccc2)CC1. The maximum absolute atomic E-state index is 11.7. The van der Waals surface area contributed by atoms with Gasteiger partial charge >= 0.3 is 5.97 Å². The molecule has 1 fully saturated rings. The van der Waals surface area contributed by atoms with Gasteiger partial charge in [0, 0.05) is 0 Å². The molecule has 0 heterocycles. The van der Waals surface area contributed by atoms with Crippen LogP contribution in [0.4, 0.5) is 0 Å². The van der Waals surface area contributed by atoms with E-state index in [-0.39, 0.29) is 11.4 Å². The van der Waals surface area contributed by atoms with Crippen LogP contribution < -0.4 is 0 Å². The van der Waals surface area contributed by atoms with Gasteiger partial charge in [-0.3, -0.25) is 4.79 Å². The van der Waals surface area contributed by atoms with Gasteiger partial charge in [0.25, 0.3) is 0 Å². The first kappa shape index (κ1) is 12.1. The van der Waals surface area contributed by atoms with Crippen LogP contribution in [0.1, 0.15) is 25.3 Å². The topological polar surface area (TPSA) is 35.5 Å². The monoisotopic (exact) mass is 234 g/mol. The fourth-order valence-corrected chi connectivity index (χ4v) is 1.78. The van der Waals surface area contributed by atoms with Gasteiger partial charge in [-0.15, -0.1) is 0 Å². The molecule has 0 aromatic heterocycles. The Morgan fingerprint density at radius 1 is 1.29 bits per heavy atom. The molecule has 0 N–H and O–H groups in total. The van der Waals surface area contributed by atoms with Gasteiger partial charge in [-0.05, 0) is 25.3 Å². The molecule has 92 valence electrons. The summed E-state index contributed by atoms with van der Waals surface area (Å²) in [6.45, 7) is 3.31. The third-order valence-corrected chi connectivity index (χ3v) is 3.05. The molecule has 0 unspecified atom stereocenters. The summed E-state index contributed by atoms with van der Waals surface area (Å²) in [4.78, 5) is 11.7. The Morgan fingerprint density at radius 3 is 2.59 bits per heavy atom. The molecular formula is C14H18O3. The highest BCUT2D eigenvalue weighted by Gasteiger charge is 2.51. The van der Waals surface area contributed by atoms with Crippen LogP contribution in [0, 0.1) is 5.41 Å². The Kier molecular flexibility index (Phi) is 3.79. The molecule has 2 rings (SSSR count). The van der Waals surface area contributed by atoms with Gasteiger partial charge in [-0.1, -0.05) is 30.3 Å². The first-order valence-electron chi connectivity index (χ1n) is 6.06. The van der Waals surface area contributed by atoms with E-state index in [0.717, 1.165) is 18.4 Å². The number of carbonyl (C=O) groups excluding carboxylic acids is 1. The summed E-state index contributed by atoms with van der Waals surface area (Å²) in [6, 6.07) is 9.98. The molecule has 1 saturated carbocycles. The molecule has 1 aromatic rings. The summed E-state index contributed by atoms with van der Waals surface area (Å²) in [5, 5.41) is 0. The lowest BCUT2D eigenvalue weighted by Gasteiger charge is -2.13. The minimum atomic E-state index is -0.342. The Hall–Kier alpha value is -1.35. The van der Waals surface area contributed by atoms with Crippen molar-refractivity contribution in [2.75, 3.05) is 13.2 Å². The zero-order valence-corrected chi connectivity index (χ0v) is 10.1. The summed E-state index contributed by atoms with van der Waals surface area (Å²) < 4.78 is 10.7. The molecule has 0 spiro atoms. The van der Waals surface area contributed by atoms with Gasteiger partial charge < -0.3 is 9.47 Å². The van der Waals surface area contributed by atoms with Gasteiger partial charge in [0.05, 0.1) is 25.2 Å². The van der Waals surface area contributed by atoms with Crippen LogP contribution in [0.3, 0.4) is 0 Å². The molecule has 3 heteroatoms. The highest BCUT2D eigenvalue weighted by molar-refractivity contribution is 5.80. The van der Waals surface area contributed by atoms with E-state index in [1.165, 1.54) is 0 Å². The first-order chi connectivity index (χ1) is 8.27. The van der Waals surface area contributed by atoms with Crippen LogP contribution in [0.5, 0.6) is 0 Å². The minimum Gasteiger partial charge on any atom is -0.465 e. The largest absolute Gasteiger partial charge is 0.465 e. The van der Waals surface area contributed by atoms with Crippen molar-refractivity contribution in [1.82, 2.24) is 0 Å². The number of hydrogen-bond donors (Lipinski definition) is 0. The van der Waals surface area contributed by atoms with Crippen molar-refractivity contribution in [3.05, 3.63) is 35.9 Å². The molecule has 1 aliphatic carbocycles. The molecule has 0 saturated heterocycles. The number of rotatable bonds is 6. The van der Waals surface area contributed by atoms with Crippen LogP contribution in [0.25, 0.3) is 0 Å². The van der Waals surface area contributed by atoms with Gasteiger partial charge in [-0.2, -0.15) is 0 Å². The van der Waals surface area contributed by atoms with Crippen molar-refractivity contribution in [1.29, 1.82) is 0 Å². The lowest BCUT2D eigenvalue weighted by Crippen LogP contribution is -2.24. The number of carbonyl (C=O) groups is 1. The highest BCUT2D eigenvalue weighted by Crippen LogP contribution is 2.47. The molecule has 0 atom stereocenters. The number of ether oxygens (including phenoxy) is 2. The summed E-state index contributed by atoms with van der Waals surface area (Å²) in [7, 11) is 0. The molecule has 0 amide bonds. The lowest BCUT2D eigenvalue weighted by molar-refractivity contribution is -0.152. The van der Waals surface area contributed by atoms with Crippen LogP contribution in [-0.4, -0.2) is 19.2 Å². The lowest BCUT2D eigenvalue weighted by atomic mass is 10.1. The summed E-state index contributed by atoms with van der Waals surface area (Å²) in [5.41, 5.74) is 0.789. The predicted octanol–water partition coefficient (Wildman–Crippen LogP) is 2.55. The quantitative estimate of drug-likeness (QED) is 0.710. The summed E-state index contributed by atoms with van der Waals surface area (Å²) in [5.74, 6) is -0.104. The van der Waals surface area contributed by atoms with E-state index < -0.39 is 0 Å². The average Bonchev–Trinajstić information content (AvgIpc) is 3.12. The Bertz CT molecular complexity index is 368. The van der Waals surface area contributed by atoms with Crippen molar-refractivity contribution >= 4 is 5.97 Å². The number of benzene rings is 1. The second kappa shape index (κ2) is 5.32. The number of esters is 1. The number of hydrogen-bond acceptors (Lipinski definition) is 3. The third-order valence-electron chi connectivity index (χ3n) is 3.05. The molecule has 0 aliphatic heterocycles. The minimum absolute atomic E-state index is 0.104. The van der Waals surface area contributed by atoms with E-state index in [1.54, 1.807) is 0 Å².